The van der Waals surface area contributed by atoms with E-state index in [-0.39, 0.29) is 34.6 Å². The summed E-state index contributed by atoms with van der Waals surface area (Å²) in [7, 11) is -8.39. The van der Waals surface area contributed by atoms with E-state index in [9.17, 15) is 30.8 Å². The van der Waals surface area contributed by atoms with Gasteiger partial charge in [0, 0.05) is 34.5 Å². The lowest BCUT2D eigenvalue weighted by Gasteiger charge is -2.14. The second-order valence-electron chi connectivity index (χ2n) is 10.3. The molecule has 3 N–H and O–H groups in total. The number of aryl methyl sites for hydroxylation is 1. The van der Waals surface area contributed by atoms with E-state index >= 15 is 4.39 Å². The van der Waals surface area contributed by atoms with Gasteiger partial charge in [0.15, 0.2) is 0 Å². The van der Waals surface area contributed by atoms with Gasteiger partial charge in [-0.3, -0.25) is 14.3 Å². The van der Waals surface area contributed by atoms with Gasteiger partial charge in [0.1, 0.15) is 17.3 Å². The molecule has 0 fully saturated rings. The minimum absolute atomic E-state index is 0.0159. The molecule has 0 bridgehead atoms. The molecule has 0 atom stereocenters. The van der Waals surface area contributed by atoms with Crippen molar-refractivity contribution in [3.63, 3.8) is 0 Å². The fraction of sp³-hybridized carbons (Fsp3) is 0.100. The van der Waals surface area contributed by atoms with Crippen LogP contribution in [0.15, 0.2) is 82.6 Å². The molecular formula is C30H23F2N5O6S3. The van der Waals surface area contributed by atoms with Crippen molar-refractivity contribution >= 4 is 64.1 Å². The molecule has 236 valence electrons. The van der Waals surface area contributed by atoms with Crippen LogP contribution in [0.3, 0.4) is 0 Å². The number of hydrogen-bond acceptors (Lipinski definition) is 8. The van der Waals surface area contributed by atoms with Gasteiger partial charge in [0.25, 0.3) is 21.5 Å². The Kier molecular flexibility index (Phi) is 7.74. The molecule has 3 heterocycles. The van der Waals surface area contributed by atoms with E-state index in [0.29, 0.717) is 27.5 Å². The van der Waals surface area contributed by atoms with Crippen LogP contribution in [0, 0.1) is 18.6 Å². The highest BCUT2D eigenvalue weighted by atomic mass is 32.2. The Morgan fingerprint density at radius 2 is 1.80 bits per heavy atom. The number of amides is 1. The van der Waals surface area contributed by atoms with Gasteiger partial charge in [-0.05, 0) is 55.5 Å². The fourth-order valence-electron chi connectivity index (χ4n) is 5.21. The summed E-state index contributed by atoms with van der Waals surface area (Å²) in [6, 6.07) is 14.2. The van der Waals surface area contributed by atoms with Crippen molar-refractivity contribution in [1.29, 1.82) is 0 Å². The van der Waals surface area contributed by atoms with Gasteiger partial charge in [0.2, 0.25) is 10.0 Å². The molecule has 0 saturated carbocycles. The summed E-state index contributed by atoms with van der Waals surface area (Å²) < 4.78 is 85.6. The maximum Gasteiger partial charge on any atom is 0.282 e. The van der Waals surface area contributed by atoms with Crippen molar-refractivity contribution in [2.75, 3.05) is 11.0 Å². The Bertz CT molecular complexity index is 2490. The van der Waals surface area contributed by atoms with Crippen LogP contribution < -0.4 is 15.0 Å². The zero-order chi connectivity index (χ0) is 33.0. The summed E-state index contributed by atoms with van der Waals surface area (Å²) in [5.41, 5.74) is -0.122. The van der Waals surface area contributed by atoms with Crippen molar-refractivity contribution in [2.24, 2.45) is 0 Å². The van der Waals surface area contributed by atoms with Crippen LogP contribution in [0.2, 0.25) is 0 Å². The molecule has 0 aliphatic rings. The number of H-pyrrole nitrogens is 1. The molecule has 6 aromatic rings. The van der Waals surface area contributed by atoms with Crippen molar-refractivity contribution in [2.45, 2.75) is 18.4 Å². The first-order valence-corrected chi connectivity index (χ1v) is 17.6. The number of carbonyl (C=O) groups excluding carboxylic acids is 1. The molecule has 6 rings (SSSR count). The van der Waals surface area contributed by atoms with Crippen LogP contribution in [-0.4, -0.2) is 43.5 Å². The Morgan fingerprint density at radius 1 is 1.02 bits per heavy atom. The lowest BCUT2D eigenvalue weighted by Crippen LogP contribution is -2.33. The number of fused-ring (bicyclic) bond motifs is 3. The van der Waals surface area contributed by atoms with E-state index in [1.165, 1.54) is 52.4 Å². The standard InChI is InChI=1S/C30H23F2N5O6S3/c1-16-34-27-24(44-16)11-10-23-26(27)25(21-7-4-12-33-29(21)38)28(37(23)15-17-8-9-18(31)13-22(17)32)30(39)36-46(42,43)20-6-3-5-19(14-20)35-45(2,40)41/h3-14,35H,15H2,1-2H3,(H,33,38)(H,36,39). The van der Waals surface area contributed by atoms with E-state index in [1.54, 1.807) is 19.1 Å². The van der Waals surface area contributed by atoms with Crippen molar-refractivity contribution in [1.82, 2.24) is 19.3 Å². The van der Waals surface area contributed by atoms with Crippen LogP contribution >= 0.6 is 11.3 Å². The quantitative estimate of drug-likeness (QED) is 0.209. The molecule has 0 saturated heterocycles. The Balaban J connectivity index is 1.61. The number of pyridine rings is 1. The van der Waals surface area contributed by atoms with E-state index < -0.39 is 48.0 Å². The summed E-state index contributed by atoms with van der Waals surface area (Å²) in [5, 5.41) is 1.03. The normalized spacial score (nSPS) is 12.1. The molecule has 11 nitrogen and oxygen atoms in total. The van der Waals surface area contributed by atoms with Gasteiger partial charge in [0.05, 0.1) is 44.0 Å². The first-order chi connectivity index (χ1) is 21.7. The topological polar surface area (TPSA) is 160 Å². The molecule has 3 aromatic heterocycles. The number of benzene rings is 3. The number of aromatic nitrogens is 3. The highest BCUT2D eigenvalue weighted by Gasteiger charge is 2.31. The third-order valence-electron chi connectivity index (χ3n) is 7.01. The number of thiazole rings is 1. The van der Waals surface area contributed by atoms with Crippen LogP contribution in [0.4, 0.5) is 14.5 Å². The molecule has 16 heteroatoms. The van der Waals surface area contributed by atoms with Crippen LogP contribution in [0.25, 0.3) is 32.2 Å². The summed E-state index contributed by atoms with van der Waals surface area (Å²) >= 11 is 1.37. The average Bonchev–Trinajstić information content (AvgIpc) is 3.51. The number of halogens is 2. The van der Waals surface area contributed by atoms with E-state index in [2.05, 4.69) is 14.7 Å². The second-order valence-corrected chi connectivity index (χ2v) is 15.0. The summed E-state index contributed by atoms with van der Waals surface area (Å²) in [6.07, 6.45) is 2.29. The van der Waals surface area contributed by atoms with E-state index in [1.807, 2.05) is 4.72 Å². The van der Waals surface area contributed by atoms with E-state index in [0.717, 1.165) is 29.2 Å². The molecule has 3 aromatic carbocycles. The zero-order valence-electron chi connectivity index (χ0n) is 24.0. The molecule has 0 aliphatic heterocycles. The Morgan fingerprint density at radius 3 is 2.52 bits per heavy atom. The highest BCUT2D eigenvalue weighted by molar-refractivity contribution is 7.92. The monoisotopic (exact) mass is 683 g/mol. The van der Waals surface area contributed by atoms with Gasteiger partial charge >= 0.3 is 0 Å². The number of aromatic amines is 1. The Labute approximate surface area is 264 Å². The number of hydrogen-bond donors (Lipinski definition) is 3. The Hall–Kier alpha value is -4.93. The van der Waals surface area contributed by atoms with Crippen LogP contribution in [0.1, 0.15) is 21.1 Å². The van der Waals surface area contributed by atoms with Gasteiger partial charge < -0.3 is 9.55 Å². The minimum Gasteiger partial charge on any atom is -0.331 e. The number of carbonyl (C=O) groups is 1. The lowest BCUT2D eigenvalue weighted by atomic mass is 10.0. The number of nitrogens with one attached hydrogen (secondary N) is 3. The van der Waals surface area contributed by atoms with Crippen molar-refractivity contribution < 1.29 is 30.4 Å². The first kappa shape index (κ1) is 31.1. The maximum absolute atomic E-state index is 15.0. The zero-order valence-corrected chi connectivity index (χ0v) is 26.4. The number of rotatable bonds is 8. The molecule has 46 heavy (non-hydrogen) atoms. The second kappa shape index (κ2) is 11.5. The molecule has 0 spiro atoms. The van der Waals surface area contributed by atoms with Gasteiger partial charge in [-0.25, -0.2) is 35.3 Å². The fourth-order valence-corrected chi connectivity index (χ4v) is 7.60. The predicted octanol–water partition coefficient (Wildman–Crippen LogP) is 4.73. The molecule has 1 amide bonds. The first-order valence-electron chi connectivity index (χ1n) is 13.4. The molecule has 0 radical (unpaired) electrons. The number of anilines is 1. The van der Waals surface area contributed by atoms with Crippen molar-refractivity contribution in [3.05, 3.63) is 111 Å². The van der Waals surface area contributed by atoms with Gasteiger partial charge in [-0.1, -0.05) is 12.1 Å². The molecule has 0 aliphatic carbocycles. The lowest BCUT2D eigenvalue weighted by molar-refractivity contribution is 0.0974. The summed E-state index contributed by atoms with van der Waals surface area (Å²) in [6.45, 7) is 1.43. The molecule has 0 unspecified atom stereocenters. The largest absolute Gasteiger partial charge is 0.331 e. The van der Waals surface area contributed by atoms with Gasteiger partial charge in [-0.15, -0.1) is 11.3 Å². The summed E-state index contributed by atoms with van der Waals surface area (Å²) in [5.74, 6) is -2.88. The average molecular weight is 684 g/mol. The van der Waals surface area contributed by atoms with E-state index in [4.69, 9.17) is 0 Å². The minimum atomic E-state index is -4.64. The maximum atomic E-state index is 15.0. The smallest absolute Gasteiger partial charge is 0.282 e. The van der Waals surface area contributed by atoms with Crippen LogP contribution in [0.5, 0.6) is 0 Å². The molecular weight excluding hydrogens is 661 g/mol. The highest BCUT2D eigenvalue weighted by Crippen LogP contribution is 2.40. The van der Waals surface area contributed by atoms with Gasteiger partial charge in [-0.2, -0.15) is 0 Å². The summed E-state index contributed by atoms with van der Waals surface area (Å²) in [4.78, 5) is 34.2. The SMILES string of the molecule is Cc1nc2c(ccc3c2c(-c2ccc[nH]c2=O)c(C(=O)NS(=O)(=O)c2cccc(NS(C)(=O)=O)c2)n3Cc2ccc(F)cc2F)s1. The predicted molar refractivity (Wildman–Crippen MR) is 171 cm³/mol. The third-order valence-corrected chi connectivity index (χ3v) is 9.89. The van der Waals surface area contributed by atoms with Crippen molar-refractivity contribution in [3.8, 4) is 11.1 Å². The number of nitrogens with zero attached hydrogens (tertiary/aromatic N) is 2. The number of sulfonamides is 2. The van der Waals surface area contributed by atoms with Crippen LogP contribution in [-0.2, 0) is 26.6 Å². The third kappa shape index (κ3) is 5.89.